The van der Waals surface area contributed by atoms with Gasteiger partial charge in [0.05, 0.1) is 11.7 Å². The SMILES string of the molecule is CCC(CC)Oc1ccc2ccccc2c1C=O. The Balaban J connectivity index is 2.47. The second-order valence-corrected chi connectivity index (χ2v) is 4.37. The van der Waals surface area contributed by atoms with Gasteiger partial charge in [0.15, 0.2) is 6.29 Å². The topological polar surface area (TPSA) is 26.3 Å². The van der Waals surface area contributed by atoms with Crippen molar-refractivity contribution >= 4 is 17.1 Å². The van der Waals surface area contributed by atoms with Crippen LogP contribution in [0.5, 0.6) is 5.75 Å². The summed E-state index contributed by atoms with van der Waals surface area (Å²) in [4.78, 5) is 11.3. The number of carbonyl (C=O) groups is 1. The molecule has 2 aromatic rings. The lowest BCUT2D eigenvalue weighted by Gasteiger charge is -2.17. The van der Waals surface area contributed by atoms with Gasteiger partial charge in [0.25, 0.3) is 0 Å². The average molecular weight is 242 g/mol. The van der Waals surface area contributed by atoms with Crippen molar-refractivity contribution in [2.75, 3.05) is 0 Å². The Labute approximate surface area is 108 Å². The fourth-order valence-corrected chi connectivity index (χ4v) is 2.13. The van der Waals surface area contributed by atoms with Crippen LogP contribution in [0.4, 0.5) is 0 Å². The summed E-state index contributed by atoms with van der Waals surface area (Å²) in [5.74, 6) is 0.692. The molecule has 0 spiro atoms. The van der Waals surface area contributed by atoms with Crippen molar-refractivity contribution in [1.82, 2.24) is 0 Å². The summed E-state index contributed by atoms with van der Waals surface area (Å²) >= 11 is 0. The van der Waals surface area contributed by atoms with E-state index in [-0.39, 0.29) is 6.10 Å². The summed E-state index contributed by atoms with van der Waals surface area (Å²) in [6.07, 6.45) is 2.95. The molecule has 2 aromatic carbocycles. The minimum atomic E-state index is 0.171. The minimum Gasteiger partial charge on any atom is -0.490 e. The molecule has 0 aliphatic rings. The van der Waals surface area contributed by atoms with Crippen LogP contribution in [-0.2, 0) is 0 Å². The highest BCUT2D eigenvalue weighted by Crippen LogP contribution is 2.28. The molecule has 0 N–H and O–H groups in total. The fourth-order valence-electron chi connectivity index (χ4n) is 2.13. The average Bonchev–Trinajstić information content (AvgIpc) is 2.44. The van der Waals surface area contributed by atoms with Gasteiger partial charge in [0, 0.05) is 0 Å². The molecule has 94 valence electrons. The van der Waals surface area contributed by atoms with Crippen molar-refractivity contribution in [3.63, 3.8) is 0 Å². The first-order valence-electron chi connectivity index (χ1n) is 6.43. The van der Waals surface area contributed by atoms with Gasteiger partial charge in [-0.1, -0.05) is 44.2 Å². The Morgan fingerprint density at radius 2 is 1.83 bits per heavy atom. The molecule has 0 unspecified atom stereocenters. The molecule has 2 heteroatoms. The van der Waals surface area contributed by atoms with E-state index in [4.69, 9.17) is 4.74 Å². The number of ether oxygens (including phenoxy) is 1. The van der Waals surface area contributed by atoms with Crippen LogP contribution in [0, 0.1) is 0 Å². The highest BCUT2D eigenvalue weighted by Gasteiger charge is 2.11. The fraction of sp³-hybridized carbons (Fsp3) is 0.312. The maximum absolute atomic E-state index is 11.3. The Kier molecular flexibility index (Phi) is 3.98. The largest absolute Gasteiger partial charge is 0.490 e. The number of benzene rings is 2. The number of fused-ring (bicyclic) bond motifs is 1. The first-order valence-corrected chi connectivity index (χ1v) is 6.43. The van der Waals surface area contributed by atoms with Crippen molar-refractivity contribution in [3.8, 4) is 5.75 Å². The number of hydrogen-bond donors (Lipinski definition) is 0. The molecule has 18 heavy (non-hydrogen) atoms. The summed E-state index contributed by atoms with van der Waals surface area (Å²) in [6, 6.07) is 11.8. The van der Waals surface area contributed by atoms with E-state index in [0.717, 1.165) is 29.9 Å². The van der Waals surface area contributed by atoms with E-state index in [9.17, 15) is 4.79 Å². The Morgan fingerprint density at radius 3 is 2.50 bits per heavy atom. The first-order chi connectivity index (χ1) is 8.80. The Morgan fingerprint density at radius 1 is 1.11 bits per heavy atom. The van der Waals surface area contributed by atoms with Crippen molar-refractivity contribution in [2.24, 2.45) is 0 Å². The lowest BCUT2D eigenvalue weighted by Crippen LogP contribution is -2.14. The Hall–Kier alpha value is -1.83. The molecule has 0 atom stereocenters. The monoisotopic (exact) mass is 242 g/mol. The molecule has 2 nitrogen and oxygen atoms in total. The summed E-state index contributed by atoms with van der Waals surface area (Å²) in [7, 11) is 0. The molecule has 0 heterocycles. The van der Waals surface area contributed by atoms with E-state index >= 15 is 0 Å². The summed E-state index contributed by atoms with van der Waals surface area (Å²) < 4.78 is 5.91. The Bertz CT molecular complexity index is 542. The van der Waals surface area contributed by atoms with Gasteiger partial charge in [-0.2, -0.15) is 0 Å². The highest BCUT2D eigenvalue weighted by molar-refractivity contribution is 6.00. The third kappa shape index (κ3) is 2.37. The van der Waals surface area contributed by atoms with Crippen molar-refractivity contribution in [1.29, 1.82) is 0 Å². The van der Waals surface area contributed by atoms with Crippen LogP contribution in [0.3, 0.4) is 0 Å². The van der Waals surface area contributed by atoms with Crippen LogP contribution < -0.4 is 4.74 Å². The second-order valence-electron chi connectivity index (χ2n) is 4.37. The van der Waals surface area contributed by atoms with E-state index in [2.05, 4.69) is 13.8 Å². The lowest BCUT2D eigenvalue weighted by molar-refractivity contribution is 0.111. The molecule has 0 bridgehead atoms. The van der Waals surface area contributed by atoms with Crippen LogP contribution in [0.2, 0.25) is 0 Å². The van der Waals surface area contributed by atoms with Gasteiger partial charge < -0.3 is 4.74 Å². The molecule has 0 saturated heterocycles. The van der Waals surface area contributed by atoms with E-state index in [0.29, 0.717) is 11.3 Å². The van der Waals surface area contributed by atoms with Gasteiger partial charge >= 0.3 is 0 Å². The number of carbonyl (C=O) groups excluding carboxylic acids is 1. The van der Waals surface area contributed by atoms with E-state index in [1.54, 1.807) is 0 Å². The van der Waals surface area contributed by atoms with Crippen molar-refractivity contribution in [3.05, 3.63) is 42.0 Å². The predicted octanol–water partition coefficient (Wildman–Crippen LogP) is 4.22. The van der Waals surface area contributed by atoms with Gasteiger partial charge in [-0.15, -0.1) is 0 Å². The van der Waals surface area contributed by atoms with Gasteiger partial charge in [-0.25, -0.2) is 0 Å². The number of aldehydes is 1. The zero-order chi connectivity index (χ0) is 13.0. The van der Waals surface area contributed by atoms with Gasteiger partial charge in [-0.3, -0.25) is 4.79 Å². The van der Waals surface area contributed by atoms with Crippen LogP contribution in [-0.4, -0.2) is 12.4 Å². The van der Waals surface area contributed by atoms with Crippen LogP contribution >= 0.6 is 0 Å². The molecular formula is C16H18O2. The van der Waals surface area contributed by atoms with Gasteiger partial charge in [0.2, 0.25) is 0 Å². The van der Waals surface area contributed by atoms with Crippen LogP contribution in [0.1, 0.15) is 37.0 Å². The molecule has 2 rings (SSSR count). The van der Waals surface area contributed by atoms with Crippen molar-refractivity contribution in [2.45, 2.75) is 32.8 Å². The molecule has 0 saturated carbocycles. The molecule has 0 aromatic heterocycles. The normalized spacial score (nSPS) is 10.8. The van der Waals surface area contributed by atoms with Crippen LogP contribution in [0.25, 0.3) is 10.8 Å². The minimum absolute atomic E-state index is 0.171. The van der Waals surface area contributed by atoms with E-state index in [1.807, 2.05) is 36.4 Å². The highest BCUT2D eigenvalue weighted by atomic mass is 16.5. The zero-order valence-electron chi connectivity index (χ0n) is 10.8. The smallest absolute Gasteiger partial charge is 0.154 e. The van der Waals surface area contributed by atoms with E-state index < -0.39 is 0 Å². The molecule has 0 fully saturated rings. The first kappa shape index (κ1) is 12.6. The summed E-state index contributed by atoms with van der Waals surface area (Å²) in [5.41, 5.74) is 0.653. The van der Waals surface area contributed by atoms with Gasteiger partial charge in [0.1, 0.15) is 5.75 Å². The molecule has 0 radical (unpaired) electrons. The maximum Gasteiger partial charge on any atom is 0.154 e. The predicted molar refractivity (Wildman–Crippen MR) is 74.3 cm³/mol. The third-order valence-corrected chi connectivity index (χ3v) is 3.25. The quantitative estimate of drug-likeness (QED) is 0.734. The van der Waals surface area contributed by atoms with Gasteiger partial charge in [-0.05, 0) is 29.7 Å². The maximum atomic E-state index is 11.3. The number of hydrogen-bond acceptors (Lipinski definition) is 2. The number of rotatable bonds is 5. The molecular weight excluding hydrogens is 224 g/mol. The van der Waals surface area contributed by atoms with E-state index in [1.165, 1.54) is 0 Å². The summed E-state index contributed by atoms with van der Waals surface area (Å²) in [5, 5.41) is 2.02. The standard InChI is InChI=1S/C16H18O2/c1-3-13(4-2)18-16-10-9-12-7-5-6-8-14(12)15(16)11-17/h5-11,13H,3-4H2,1-2H3. The third-order valence-electron chi connectivity index (χ3n) is 3.25. The summed E-state index contributed by atoms with van der Waals surface area (Å²) in [6.45, 7) is 4.19. The zero-order valence-corrected chi connectivity index (χ0v) is 10.8. The molecule has 0 aliphatic heterocycles. The second kappa shape index (κ2) is 5.67. The van der Waals surface area contributed by atoms with Crippen molar-refractivity contribution < 1.29 is 9.53 Å². The molecule has 0 amide bonds. The van der Waals surface area contributed by atoms with Crippen LogP contribution in [0.15, 0.2) is 36.4 Å². The molecule has 0 aliphatic carbocycles. The lowest BCUT2D eigenvalue weighted by atomic mass is 10.0.